The SMILES string of the molecule is Cc1cc(Cl)ccc1-c1cccc2c1C1(c3ccccc3-2)C2CC3CC4CC1C2(C3)C4. The Morgan fingerprint density at radius 3 is 2.16 bits per heavy atom. The predicted molar refractivity (Wildman–Crippen MR) is 127 cm³/mol. The van der Waals surface area contributed by atoms with Gasteiger partial charge in [-0.3, -0.25) is 0 Å². The molecule has 4 saturated carbocycles. The standard InChI is InChI=1S/C30H27Cl/c1-17-11-20(31)9-10-21(17)23-6-4-7-24-22-5-2-3-8-25(22)30(28(23)24)26-13-18-12-19-14-27(30)29(26,15-18)16-19/h2-11,18-19,26-27H,12-16H2,1H3. The lowest BCUT2D eigenvalue weighted by Gasteiger charge is -2.65. The summed E-state index contributed by atoms with van der Waals surface area (Å²) in [6.07, 6.45) is 7.45. The predicted octanol–water partition coefficient (Wildman–Crippen LogP) is 8.04. The summed E-state index contributed by atoms with van der Waals surface area (Å²) < 4.78 is 0. The van der Waals surface area contributed by atoms with Gasteiger partial charge in [0.15, 0.2) is 0 Å². The highest BCUT2D eigenvalue weighted by molar-refractivity contribution is 6.30. The van der Waals surface area contributed by atoms with Crippen molar-refractivity contribution in [2.24, 2.45) is 29.1 Å². The smallest absolute Gasteiger partial charge is 0.0409 e. The quantitative estimate of drug-likeness (QED) is 0.372. The Hall–Kier alpha value is -2.05. The van der Waals surface area contributed by atoms with Crippen LogP contribution in [0.2, 0.25) is 5.02 Å². The molecule has 0 heterocycles. The van der Waals surface area contributed by atoms with Crippen LogP contribution in [0.25, 0.3) is 22.3 Å². The van der Waals surface area contributed by atoms with E-state index in [1.807, 2.05) is 0 Å². The number of aryl methyl sites for hydroxylation is 1. The summed E-state index contributed by atoms with van der Waals surface area (Å²) in [6, 6.07) is 23.0. The van der Waals surface area contributed by atoms with E-state index < -0.39 is 0 Å². The van der Waals surface area contributed by atoms with Gasteiger partial charge in [-0.2, -0.15) is 0 Å². The highest BCUT2D eigenvalue weighted by Crippen LogP contribution is 2.85. The first kappa shape index (κ1) is 17.5. The van der Waals surface area contributed by atoms with Crippen LogP contribution < -0.4 is 0 Å². The molecule has 4 atom stereocenters. The molecule has 1 heteroatoms. The second kappa shape index (κ2) is 5.46. The zero-order valence-electron chi connectivity index (χ0n) is 18.0. The van der Waals surface area contributed by atoms with Crippen molar-refractivity contribution in [3.63, 3.8) is 0 Å². The van der Waals surface area contributed by atoms with Gasteiger partial charge >= 0.3 is 0 Å². The molecular formula is C30H27Cl. The fourth-order valence-electron chi connectivity index (χ4n) is 9.84. The summed E-state index contributed by atoms with van der Waals surface area (Å²) in [5.41, 5.74) is 11.3. The van der Waals surface area contributed by atoms with Gasteiger partial charge in [-0.15, -0.1) is 0 Å². The normalized spacial score (nSPS) is 37.6. The van der Waals surface area contributed by atoms with Crippen molar-refractivity contribution >= 4 is 11.6 Å². The molecular weight excluding hydrogens is 396 g/mol. The number of fused-ring (bicyclic) bond motifs is 9. The molecule has 0 N–H and O–H groups in total. The number of benzene rings is 3. The molecule has 154 valence electrons. The van der Waals surface area contributed by atoms with Crippen LogP contribution >= 0.6 is 11.6 Å². The zero-order valence-corrected chi connectivity index (χ0v) is 18.8. The van der Waals surface area contributed by atoms with E-state index in [2.05, 4.69) is 67.6 Å². The molecule has 0 saturated heterocycles. The van der Waals surface area contributed by atoms with Crippen molar-refractivity contribution in [2.75, 3.05) is 0 Å². The first-order valence-corrected chi connectivity index (χ1v) is 12.5. The van der Waals surface area contributed by atoms with Crippen LogP contribution in [-0.4, -0.2) is 0 Å². The van der Waals surface area contributed by atoms with E-state index >= 15 is 0 Å². The second-order valence-electron chi connectivity index (χ2n) is 11.3. The average molecular weight is 423 g/mol. The summed E-state index contributed by atoms with van der Waals surface area (Å²) in [4.78, 5) is 0. The van der Waals surface area contributed by atoms with E-state index in [-0.39, 0.29) is 5.41 Å². The third-order valence-electron chi connectivity index (χ3n) is 10.2. The van der Waals surface area contributed by atoms with Gasteiger partial charge in [0, 0.05) is 10.4 Å². The number of hydrogen-bond donors (Lipinski definition) is 0. The minimum Gasteiger partial charge on any atom is -0.0843 e. The van der Waals surface area contributed by atoms with Gasteiger partial charge in [0.2, 0.25) is 0 Å². The van der Waals surface area contributed by atoms with Crippen molar-refractivity contribution in [3.05, 3.63) is 82.4 Å². The first-order valence-electron chi connectivity index (χ1n) is 12.1. The Balaban J connectivity index is 1.46. The van der Waals surface area contributed by atoms with Gasteiger partial charge in [-0.05, 0) is 119 Å². The van der Waals surface area contributed by atoms with E-state index in [0.717, 1.165) is 28.7 Å². The molecule has 5 aliphatic carbocycles. The van der Waals surface area contributed by atoms with Crippen molar-refractivity contribution in [1.29, 1.82) is 0 Å². The van der Waals surface area contributed by atoms with E-state index in [9.17, 15) is 0 Å². The Morgan fingerprint density at radius 2 is 1.42 bits per heavy atom. The molecule has 3 aromatic carbocycles. The van der Waals surface area contributed by atoms with Crippen molar-refractivity contribution in [1.82, 2.24) is 0 Å². The molecule has 8 rings (SSSR count). The van der Waals surface area contributed by atoms with E-state index in [1.165, 1.54) is 59.9 Å². The monoisotopic (exact) mass is 422 g/mol. The summed E-state index contributed by atoms with van der Waals surface area (Å²) in [6.45, 7) is 2.22. The minimum absolute atomic E-state index is 0.235. The van der Waals surface area contributed by atoms with Gasteiger partial charge in [0.25, 0.3) is 0 Å². The van der Waals surface area contributed by atoms with Crippen molar-refractivity contribution < 1.29 is 0 Å². The van der Waals surface area contributed by atoms with Gasteiger partial charge in [0.1, 0.15) is 0 Å². The van der Waals surface area contributed by atoms with Crippen molar-refractivity contribution in [2.45, 2.75) is 44.4 Å². The molecule has 5 aliphatic rings. The summed E-state index contributed by atoms with van der Waals surface area (Å²) in [7, 11) is 0. The van der Waals surface area contributed by atoms with Gasteiger partial charge < -0.3 is 0 Å². The number of hydrogen-bond acceptors (Lipinski definition) is 0. The van der Waals surface area contributed by atoms with E-state index in [0.29, 0.717) is 5.41 Å². The van der Waals surface area contributed by atoms with Crippen LogP contribution in [0.1, 0.15) is 48.8 Å². The van der Waals surface area contributed by atoms with Gasteiger partial charge in [0.05, 0.1) is 0 Å². The lowest BCUT2D eigenvalue weighted by atomic mass is 9.38. The highest BCUT2D eigenvalue weighted by Gasteiger charge is 2.79. The summed E-state index contributed by atoms with van der Waals surface area (Å²) in [5, 5.41) is 0.834. The molecule has 0 aromatic heterocycles. The molecule has 4 fully saturated rings. The largest absolute Gasteiger partial charge is 0.0843 e. The lowest BCUT2D eigenvalue weighted by molar-refractivity contribution is -0.0817. The summed E-state index contributed by atoms with van der Waals surface area (Å²) >= 11 is 6.36. The van der Waals surface area contributed by atoms with Gasteiger partial charge in [-0.25, -0.2) is 0 Å². The van der Waals surface area contributed by atoms with Crippen LogP contribution in [0, 0.1) is 36.0 Å². The number of halogens is 1. The van der Waals surface area contributed by atoms with Crippen LogP contribution in [0.15, 0.2) is 60.7 Å². The molecule has 3 aromatic rings. The Kier molecular flexibility index (Phi) is 3.08. The van der Waals surface area contributed by atoms with Crippen LogP contribution in [0.5, 0.6) is 0 Å². The highest BCUT2D eigenvalue weighted by atomic mass is 35.5. The van der Waals surface area contributed by atoms with E-state index in [4.69, 9.17) is 11.6 Å². The first-order chi connectivity index (χ1) is 15.1. The van der Waals surface area contributed by atoms with Crippen molar-refractivity contribution in [3.8, 4) is 22.3 Å². The second-order valence-corrected chi connectivity index (χ2v) is 11.7. The fraction of sp³-hybridized carbons (Fsp3) is 0.400. The topological polar surface area (TPSA) is 0 Å². The molecule has 0 radical (unpaired) electrons. The maximum absolute atomic E-state index is 6.36. The average Bonchev–Trinajstić information content (AvgIpc) is 3.30. The molecule has 0 aliphatic heterocycles. The molecule has 31 heavy (non-hydrogen) atoms. The van der Waals surface area contributed by atoms with E-state index in [1.54, 1.807) is 11.1 Å². The molecule has 4 unspecified atom stereocenters. The van der Waals surface area contributed by atoms with Crippen LogP contribution in [-0.2, 0) is 5.41 Å². The maximum atomic E-state index is 6.36. The lowest BCUT2D eigenvalue weighted by Crippen LogP contribution is -2.62. The van der Waals surface area contributed by atoms with Crippen LogP contribution in [0.4, 0.5) is 0 Å². The maximum Gasteiger partial charge on any atom is 0.0409 e. The molecule has 2 spiro atoms. The Morgan fingerprint density at radius 1 is 0.742 bits per heavy atom. The Bertz CT molecular complexity index is 1260. The molecule has 0 amide bonds. The summed E-state index contributed by atoms with van der Waals surface area (Å²) in [5.74, 6) is 3.62. The fourth-order valence-corrected chi connectivity index (χ4v) is 10.1. The number of rotatable bonds is 1. The Labute approximate surface area is 189 Å². The zero-order chi connectivity index (χ0) is 20.5. The third kappa shape index (κ3) is 1.81. The molecule has 0 nitrogen and oxygen atoms in total. The minimum atomic E-state index is 0.235. The molecule has 3 bridgehead atoms. The van der Waals surface area contributed by atoms with Gasteiger partial charge in [-0.1, -0.05) is 60.1 Å². The third-order valence-corrected chi connectivity index (χ3v) is 10.5. The van der Waals surface area contributed by atoms with Crippen LogP contribution in [0.3, 0.4) is 0 Å².